The van der Waals surface area contributed by atoms with Crippen LogP contribution in [0.5, 0.6) is 0 Å². The van der Waals surface area contributed by atoms with E-state index in [1.807, 2.05) is 10.8 Å². The second-order valence-corrected chi connectivity index (χ2v) is 4.20. The zero-order chi connectivity index (χ0) is 11.5. The van der Waals surface area contributed by atoms with Crippen molar-refractivity contribution in [2.45, 2.75) is 32.2 Å². The van der Waals surface area contributed by atoms with Crippen molar-refractivity contribution in [1.29, 1.82) is 0 Å². The summed E-state index contributed by atoms with van der Waals surface area (Å²) in [4.78, 5) is 15.3. The van der Waals surface area contributed by atoms with Gasteiger partial charge in [-0.2, -0.15) is 0 Å². The van der Waals surface area contributed by atoms with Crippen molar-refractivity contribution < 1.29 is 15.0 Å². The lowest BCUT2D eigenvalue weighted by Gasteiger charge is -2.19. The number of hydrogen-bond donors (Lipinski definition) is 2. The molecule has 1 aliphatic heterocycles. The zero-order valence-corrected chi connectivity index (χ0v) is 9.09. The van der Waals surface area contributed by atoms with Crippen molar-refractivity contribution in [3.05, 3.63) is 17.7 Å². The quantitative estimate of drug-likeness (QED) is 0.778. The predicted octanol–water partition coefficient (Wildman–Crippen LogP) is 0.455. The minimum atomic E-state index is -0.726. The number of aliphatic hydroxyl groups is 1. The maximum atomic E-state index is 10.9. The standard InChI is InChI=1S/C11H16N2O3/c14-5-1-2-9-7-13-6-8(11(15)16)3-4-10(13)12-9/h7-8,14H,1-6H2,(H,15,16). The average Bonchev–Trinajstić information content (AvgIpc) is 2.67. The second kappa shape index (κ2) is 4.65. The molecule has 1 atom stereocenters. The van der Waals surface area contributed by atoms with E-state index in [1.165, 1.54) is 0 Å². The van der Waals surface area contributed by atoms with Crippen molar-refractivity contribution in [3.63, 3.8) is 0 Å². The van der Waals surface area contributed by atoms with Crippen LogP contribution in [-0.2, 0) is 24.2 Å². The summed E-state index contributed by atoms with van der Waals surface area (Å²) in [6.45, 7) is 0.691. The monoisotopic (exact) mass is 224 g/mol. The summed E-state index contributed by atoms with van der Waals surface area (Å²) in [5.74, 6) is -0.0333. The number of fused-ring (bicyclic) bond motifs is 1. The van der Waals surface area contributed by atoms with Gasteiger partial charge in [0, 0.05) is 25.8 Å². The van der Waals surface area contributed by atoms with E-state index < -0.39 is 5.97 Å². The summed E-state index contributed by atoms with van der Waals surface area (Å²) in [5.41, 5.74) is 0.954. The Hall–Kier alpha value is -1.36. The highest BCUT2D eigenvalue weighted by Crippen LogP contribution is 2.20. The first-order valence-corrected chi connectivity index (χ1v) is 5.59. The van der Waals surface area contributed by atoms with Crippen LogP contribution in [0.15, 0.2) is 6.20 Å². The van der Waals surface area contributed by atoms with Gasteiger partial charge < -0.3 is 14.8 Å². The summed E-state index contributed by atoms with van der Waals surface area (Å²) >= 11 is 0. The SMILES string of the molecule is O=C(O)C1CCc2nc(CCCO)cn2C1. The predicted molar refractivity (Wildman–Crippen MR) is 57.1 cm³/mol. The van der Waals surface area contributed by atoms with Gasteiger partial charge in [0.2, 0.25) is 0 Å². The summed E-state index contributed by atoms with van der Waals surface area (Å²) in [6, 6.07) is 0. The molecular weight excluding hydrogens is 208 g/mol. The van der Waals surface area contributed by atoms with Gasteiger partial charge in [-0.05, 0) is 19.3 Å². The van der Waals surface area contributed by atoms with Crippen LogP contribution in [-0.4, -0.2) is 32.3 Å². The fraction of sp³-hybridized carbons (Fsp3) is 0.636. The van der Waals surface area contributed by atoms with Crippen molar-refractivity contribution >= 4 is 5.97 Å². The van der Waals surface area contributed by atoms with E-state index in [0.29, 0.717) is 19.4 Å². The fourth-order valence-corrected chi connectivity index (χ4v) is 2.09. The van der Waals surface area contributed by atoms with Gasteiger partial charge in [-0.3, -0.25) is 4.79 Å². The third kappa shape index (κ3) is 2.24. The number of carboxylic acids is 1. The average molecular weight is 224 g/mol. The van der Waals surface area contributed by atoms with Gasteiger partial charge in [0.1, 0.15) is 5.82 Å². The molecule has 0 bridgehead atoms. The number of carbonyl (C=O) groups is 1. The normalized spacial score (nSPS) is 19.4. The molecule has 1 aromatic rings. The molecule has 0 radical (unpaired) electrons. The van der Waals surface area contributed by atoms with Crippen LogP contribution in [0.2, 0.25) is 0 Å². The third-order valence-electron chi connectivity index (χ3n) is 2.98. The molecular formula is C11H16N2O3. The number of carboxylic acid groups (broad SMARTS) is 1. The van der Waals surface area contributed by atoms with E-state index in [2.05, 4.69) is 4.98 Å². The summed E-state index contributed by atoms with van der Waals surface area (Å²) in [5, 5.41) is 17.7. The van der Waals surface area contributed by atoms with E-state index in [9.17, 15) is 4.79 Å². The van der Waals surface area contributed by atoms with Gasteiger partial charge in [-0.25, -0.2) is 4.98 Å². The lowest BCUT2D eigenvalue weighted by molar-refractivity contribution is -0.142. The van der Waals surface area contributed by atoms with Gasteiger partial charge in [0.05, 0.1) is 11.6 Å². The van der Waals surface area contributed by atoms with E-state index in [4.69, 9.17) is 10.2 Å². The van der Waals surface area contributed by atoms with Crippen LogP contribution < -0.4 is 0 Å². The van der Waals surface area contributed by atoms with Gasteiger partial charge in [-0.1, -0.05) is 0 Å². The Balaban J connectivity index is 2.07. The number of aromatic nitrogens is 2. The molecule has 16 heavy (non-hydrogen) atoms. The number of aliphatic hydroxyl groups excluding tert-OH is 1. The van der Waals surface area contributed by atoms with Crippen LogP contribution in [0.3, 0.4) is 0 Å². The molecule has 1 aliphatic rings. The van der Waals surface area contributed by atoms with E-state index in [-0.39, 0.29) is 12.5 Å². The van der Waals surface area contributed by atoms with Gasteiger partial charge >= 0.3 is 5.97 Å². The van der Waals surface area contributed by atoms with Gasteiger partial charge in [0.25, 0.3) is 0 Å². The number of hydrogen-bond acceptors (Lipinski definition) is 3. The van der Waals surface area contributed by atoms with Crippen LogP contribution in [0.1, 0.15) is 24.4 Å². The van der Waals surface area contributed by atoms with Crippen molar-refractivity contribution in [1.82, 2.24) is 9.55 Å². The molecule has 0 amide bonds. The Bertz CT molecular complexity index is 387. The van der Waals surface area contributed by atoms with Crippen LogP contribution in [0, 0.1) is 5.92 Å². The molecule has 0 fully saturated rings. The first-order chi connectivity index (χ1) is 7.70. The molecule has 2 N–H and O–H groups in total. The van der Waals surface area contributed by atoms with Gasteiger partial charge in [-0.15, -0.1) is 0 Å². The Morgan fingerprint density at radius 3 is 3.12 bits per heavy atom. The highest BCUT2D eigenvalue weighted by molar-refractivity contribution is 5.70. The Labute approximate surface area is 93.7 Å². The van der Waals surface area contributed by atoms with Crippen LogP contribution in [0.25, 0.3) is 0 Å². The second-order valence-electron chi connectivity index (χ2n) is 4.20. The van der Waals surface area contributed by atoms with Crippen LogP contribution >= 0.6 is 0 Å². The van der Waals surface area contributed by atoms with E-state index >= 15 is 0 Å². The zero-order valence-electron chi connectivity index (χ0n) is 9.09. The molecule has 0 aliphatic carbocycles. The molecule has 0 saturated carbocycles. The highest BCUT2D eigenvalue weighted by atomic mass is 16.4. The molecule has 5 nitrogen and oxygen atoms in total. The molecule has 88 valence electrons. The highest BCUT2D eigenvalue weighted by Gasteiger charge is 2.25. The molecule has 1 aromatic heterocycles. The van der Waals surface area contributed by atoms with Crippen molar-refractivity contribution in [2.24, 2.45) is 5.92 Å². The minimum absolute atomic E-state index is 0.167. The topological polar surface area (TPSA) is 75.3 Å². The number of aliphatic carboxylic acids is 1. The molecule has 2 heterocycles. The summed E-state index contributed by atoms with van der Waals surface area (Å²) in [7, 11) is 0. The molecule has 0 aromatic carbocycles. The van der Waals surface area contributed by atoms with Crippen molar-refractivity contribution in [3.8, 4) is 0 Å². The largest absolute Gasteiger partial charge is 0.481 e. The summed E-state index contributed by atoms with van der Waals surface area (Å²) in [6.07, 6.45) is 4.79. The lowest BCUT2D eigenvalue weighted by atomic mass is 10.00. The number of imidazole rings is 1. The fourth-order valence-electron chi connectivity index (χ4n) is 2.09. The first-order valence-electron chi connectivity index (χ1n) is 5.59. The first kappa shape index (κ1) is 11.1. The molecule has 5 heteroatoms. The Kier molecular flexibility index (Phi) is 3.24. The third-order valence-corrected chi connectivity index (χ3v) is 2.98. The lowest BCUT2D eigenvalue weighted by Crippen LogP contribution is -2.26. The van der Waals surface area contributed by atoms with E-state index in [1.54, 1.807) is 0 Å². The smallest absolute Gasteiger partial charge is 0.308 e. The van der Waals surface area contributed by atoms with E-state index in [0.717, 1.165) is 24.4 Å². The Morgan fingerprint density at radius 2 is 2.44 bits per heavy atom. The number of rotatable bonds is 4. The number of nitrogens with zero attached hydrogens (tertiary/aromatic N) is 2. The molecule has 0 spiro atoms. The molecule has 1 unspecified atom stereocenters. The summed E-state index contributed by atoms with van der Waals surface area (Å²) < 4.78 is 1.94. The number of aryl methyl sites for hydroxylation is 2. The molecule has 0 saturated heterocycles. The minimum Gasteiger partial charge on any atom is -0.481 e. The Morgan fingerprint density at radius 1 is 1.62 bits per heavy atom. The maximum Gasteiger partial charge on any atom is 0.308 e. The maximum absolute atomic E-state index is 10.9. The molecule has 2 rings (SSSR count). The van der Waals surface area contributed by atoms with Gasteiger partial charge in [0.15, 0.2) is 0 Å². The van der Waals surface area contributed by atoms with Crippen LogP contribution in [0.4, 0.5) is 0 Å². The van der Waals surface area contributed by atoms with Crippen molar-refractivity contribution in [2.75, 3.05) is 6.61 Å².